The van der Waals surface area contributed by atoms with E-state index in [2.05, 4.69) is 42.7 Å². The van der Waals surface area contributed by atoms with Crippen LogP contribution in [0.25, 0.3) is 0 Å². The van der Waals surface area contributed by atoms with Crippen LogP contribution >= 0.6 is 0 Å². The number of allylic oxidation sites excluding steroid dienone is 6. The van der Waals surface area contributed by atoms with E-state index < -0.39 is 0 Å². The average Bonchev–Trinajstić information content (AvgIpc) is 2.76. The van der Waals surface area contributed by atoms with Gasteiger partial charge in [-0.1, -0.05) is 36.5 Å². The first-order chi connectivity index (χ1) is 6.84. The van der Waals surface area contributed by atoms with Crippen LogP contribution in [0.4, 0.5) is 0 Å². The van der Waals surface area contributed by atoms with E-state index in [1.807, 2.05) is 0 Å². The molecule has 14 heavy (non-hydrogen) atoms. The summed E-state index contributed by atoms with van der Waals surface area (Å²) in [5.74, 6) is 2.56. The zero-order valence-corrected chi connectivity index (χ0v) is 9.52. The highest BCUT2D eigenvalue weighted by Crippen LogP contribution is 2.17. The second-order valence-corrected chi connectivity index (χ2v) is 6.08. The van der Waals surface area contributed by atoms with Crippen molar-refractivity contribution < 1.29 is 0 Å². The van der Waals surface area contributed by atoms with Crippen LogP contribution in [0.2, 0.25) is 0 Å². The smallest absolute Gasteiger partial charge is 0.0803 e. The lowest BCUT2D eigenvalue weighted by molar-refractivity contribution is 1.26. The van der Waals surface area contributed by atoms with Gasteiger partial charge in [-0.05, 0) is 34.9 Å². The summed E-state index contributed by atoms with van der Waals surface area (Å²) in [6.45, 7) is 0. The second kappa shape index (κ2) is 4.70. The molecule has 0 aromatic heterocycles. The molecule has 0 heterocycles. The lowest BCUT2D eigenvalue weighted by atomic mass is 10.3. The molecule has 0 nitrogen and oxygen atoms in total. The molecule has 2 aliphatic rings. The van der Waals surface area contributed by atoms with E-state index in [0.29, 0.717) is 10.9 Å². The first-order valence-corrected chi connectivity index (χ1v) is 7.11. The minimum Gasteiger partial charge on any atom is -0.0803 e. The predicted octanol–water partition coefficient (Wildman–Crippen LogP) is 3.01. The highest BCUT2D eigenvalue weighted by Gasteiger charge is 2.16. The van der Waals surface area contributed by atoms with E-state index in [1.54, 1.807) is 11.1 Å². The Kier molecular flexibility index (Phi) is 3.30. The summed E-state index contributed by atoms with van der Waals surface area (Å²) >= 11 is 0. The molecule has 0 aromatic carbocycles. The van der Waals surface area contributed by atoms with Crippen molar-refractivity contribution in [3.05, 3.63) is 47.6 Å². The maximum atomic E-state index is 2.38. The Morgan fingerprint density at radius 1 is 1.29 bits per heavy atom. The topological polar surface area (TPSA) is 0 Å². The minimum absolute atomic E-state index is 0.522. The largest absolute Gasteiger partial charge is 0.133 e. The van der Waals surface area contributed by atoms with Gasteiger partial charge in [0.25, 0.3) is 0 Å². The molecule has 1 unspecified atom stereocenters. The summed E-state index contributed by atoms with van der Waals surface area (Å²) in [5, 5.41) is 0. The van der Waals surface area contributed by atoms with E-state index in [4.69, 9.17) is 0 Å². The molecule has 0 amide bonds. The number of hydrogen-bond donors (Lipinski definition) is 0. The lowest BCUT2D eigenvalue weighted by Gasteiger charge is -2.03. The van der Waals surface area contributed by atoms with Crippen LogP contribution in [-0.4, -0.2) is 17.8 Å². The Bertz CT molecular complexity index is 318. The van der Waals surface area contributed by atoms with Gasteiger partial charge in [-0.3, -0.25) is 0 Å². The van der Waals surface area contributed by atoms with Crippen LogP contribution in [0, 0.1) is 0 Å². The van der Waals surface area contributed by atoms with Gasteiger partial charge in [0, 0.05) is 0 Å². The summed E-state index contributed by atoms with van der Waals surface area (Å²) in [5.41, 5.74) is 3.15. The van der Waals surface area contributed by atoms with E-state index in [1.165, 1.54) is 17.9 Å². The molecule has 2 rings (SSSR count). The van der Waals surface area contributed by atoms with Crippen molar-refractivity contribution in [1.82, 2.24) is 0 Å². The van der Waals surface area contributed by atoms with Gasteiger partial charge in [0.1, 0.15) is 11.5 Å². The first-order valence-electron chi connectivity index (χ1n) is 5.14. The highest BCUT2D eigenvalue weighted by molar-refractivity contribution is 7.96. The lowest BCUT2D eigenvalue weighted by Crippen LogP contribution is -2.12. The molecule has 0 spiro atoms. The van der Waals surface area contributed by atoms with Crippen molar-refractivity contribution in [2.45, 2.75) is 12.8 Å². The summed E-state index contributed by atoms with van der Waals surface area (Å²) in [4.78, 5) is 0. The van der Waals surface area contributed by atoms with Crippen LogP contribution in [0.3, 0.4) is 0 Å². The zero-order valence-electron chi connectivity index (χ0n) is 8.70. The predicted molar refractivity (Wildman–Crippen MR) is 66.7 cm³/mol. The van der Waals surface area contributed by atoms with E-state index in [9.17, 15) is 0 Å². The average molecular weight is 205 g/mol. The fourth-order valence-electron chi connectivity index (χ4n) is 1.86. The maximum Gasteiger partial charge on any atom is 0.133 e. The molecule has 0 aliphatic heterocycles. The molecule has 1 heteroatoms. The van der Waals surface area contributed by atoms with Gasteiger partial charge < -0.3 is 0 Å². The third kappa shape index (κ3) is 2.65. The van der Waals surface area contributed by atoms with Crippen LogP contribution in [0.15, 0.2) is 47.6 Å². The molecule has 0 saturated carbocycles. The quantitative estimate of drug-likeness (QED) is 0.619. The normalized spacial score (nSPS) is 21.2. The Morgan fingerprint density at radius 2 is 2.21 bits per heavy atom. The number of hydrogen-bond acceptors (Lipinski definition) is 0. The third-order valence-corrected chi connectivity index (χ3v) is 4.23. The van der Waals surface area contributed by atoms with E-state index in [-0.39, 0.29) is 0 Å². The monoisotopic (exact) mass is 205 g/mol. The molecular formula is C13H17S+. The second-order valence-electron chi connectivity index (χ2n) is 3.94. The van der Waals surface area contributed by atoms with Crippen molar-refractivity contribution in [2.24, 2.45) is 0 Å². The van der Waals surface area contributed by atoms with Crippen LogP contribution in [0.5, 0.6) is 0 Å². The number of rotatable bonds is 4. The van der Waals surface area contributed by atoms with E-state index >= 15 is 0 Å². The summed E-state index contributed by atoms with van der Waals surface area (Å²) in [6.07, 6.45) is 18.3. The third-order valence-electron chi connectivity index (χ3n) is 2.54. The fourth-order valence-corrected chi connectivity index (χ4v) is 3.60. The van der Waals surface area contributed by atoms with Crippen molar-refractivity contribution in [1.29, 1.82) is 0 Å². The molecule has 0 saturated heterocycles. The molecule has 0 aromatic rings. The highest BCUT2D eigenvalue weighted by atomic mass is 32.2. The van der Waals surface area contributed by atoms with Gasteiger partial charge in [0.05, 0.1) is 6.26 Å². The van der Waals surface area contributed by atoms with Crippen LogP contribution in [0.1, 0.15) is 12.8 Å². The van der Waals surface area contributed by atoms with E-state index in [0.717, 1.165) is 6.42 Å². The molecule has 0 radical (unpaired) electrons. The molecule has 74 valence electrons. The van der Waals surface area contributed by atoms with Crippen molar-refractivity contribution in [2.75, 3.05) is 17.8 Å². The maximum absolute atomic E-state index is 2.38. The molecular weight excluding hydrogens is 188 g/mol. The van der Waals surface area contributed by atoms with Gasteiger partial charge in [-0.25, -0.2) is 0 Å². The minimum atomic E-state index is 0.522. The van der Waals surface area contributed by atoms with Gasteiger partial charge in [0.2, 0.25) is 0 Å². The first kappa shape index (κ1) is 9.85. The van der Waals surface area contributed by atoms with Crippen molar-refractivity contribution >= 4 is 10.9 Å². The fraction of sp³-hybridized carbons (Fsp3) is 0.385. The Labute approximate surface area is 89.4 Å². The Morgan fingerprint density at radius 3 is 2.86 bits per heavy atom. The van der Waals surface area contributed by atoms with Crippen molar-refractivity contribution in [3.8, 4) is 0 Å². The van der Waals surface area contributed by atoms with Crippen LogP contribution < -0.4 is 0 Å². The molecule has 0 fully saturated rings. The summed E-state index contributed by atoms with van der Waals surface area (Å²) in [7, 11) is 0.522. The molecule has 1 atom stereocenters. The Balaban J connectivity index is 1.78. The van der Waals surface area contributed by atoms with Crippen LogP contribution in [-0.2, 0) is 10.9 Å². The van der Waals surface area contributed by atoms with Gasteiger partial charge in [-0.15, -0.1) is 0 Å². The van der Waals surface area contributed by atoms with Crippen molar-refractivity contribution in [3.63, 3.8) is 0 Å². The molecule has 0 N–H and O–H groups in total. The molecule has 0 bridgehead atoms. The summed E-state index contributed by atoms with van der Waals surface area (Å²) < 4.78 is 0. The van der Waals surface area contributed by atoms with Gasteiger partial charge >= 0.3 is 0 Å². The SMILES string of the molecule is C[S+](CC1=CCC=C1)CC1=CC=CC1. The summed E-state index contributed by atoms with van der Waals surface area (Å²) in [6, 6.07) is 0. The zero-order chi connectivity index (χ0) is 9.80. The molecule has 2 aliphatic carbocycles. The van der Waals surface area contributed by atoms with Gasteiger partial charge in [0.15, 0.2) is 0 Å². The van der Waals surface area contributed by atoms with Gasteiger partial charge in [-0.2, -0.15) is 0 Å². The Hall–Kier alpha value is -0.690. The standard InChI is InChI=1S/C13H17S/c1-14(10-12-6-2-3-7-12)11-13-8-4-5-9-13/h2-4,6,8-9H,5,7,10-11H2,1H3/q+1.